The van der Waals surface area contributed by atoms with Gasteiger partial charge in [0.15, 0.2) is 0 Å². The van der Waals surface area contributed by atoms with Crippen LogP contribution < -0.4 is 0 Å². The molecule has 0 heterocycles. The molecule has 1 nitrogen and oxygen atoms in total. The van der Waals surface area contributed by atoms with Gasteiger partial charge in [-0.3, -0.25) is 0 Å². The van der Waals surface area contributed by atoms with Crippen molar-refractivity contribution in [3.8, 4) is 0 Å². The highest BCUT2D eigenvalue weighted by Crippen LogP contribution is 2.40. The Balaban J connectivity index is 2.90. The van der Waals surface area contributed by atoms with E-state index in [1.54, 1.807) is 6.08 Å². The summed E-state index contributed by atoms with van der Waals surface area (Å²) in [6.45, 7) is 12.7. The normalized spacial score (nSPS) is 22.6. The second-order valence-corrected chi connectivity index (χ2v) is 10.8. The maximum absolute atomic E-state index is 13.9. The fraction of sp³-hybridized carbons (Fsp3) is 0.692. The van der Waals surface area contributed by atoms with Gasteiger partial charge in [0.2, 0.25) is 0 Å². The van der Waals surface area contributed by atoms with Crippen molar-refractivity contribution in [3.63, 3.8) is 0 Å². The zero-order chi connectivity index (χ0) is 12.6. The Labute approximate surface area is 99.5 Å². The summed E-state index contributed by atoms with van der Waals surface area (Å²) in [5.41, 5.74) is 0. The summed E-state index contributed by atoms with van der Waals surface area (Å²) in [7, 11) is -1.91. The highest BCUT2D eigenvalue weighted by Gasteiger charge is 2.40. The molecule has 0 aromatic rings. The Hall–Kier alpha value is -0.573. The van der Waals surface area contributed by atoms with E-state index in [0.29, 0.717) is 5.76 Å². The Kier molecular flexibility index (Phi) is 3.68. The maximum atomic E-state index is 13.9. The van der Waals surface area contributed by atoms with Crippen molar-refractivity contribution >= 4 is 8.32 Å². The van der Waals surface area contributed by atoms with Crippen LogP contribution in [0.4, 0.5) is 4.39 Å². The van der Waals surface area contributed by atoms with Crippen LogP contribution in [0.5, 0.6) is 0 Å². The van der Waals surface area contributed by atoms with E-state index in [1.807, 2.05) is 13.0 Å². The molecule has 1 unspecified atom stereocenters. The zero-order valence-corrected chi connectivity index (χ0v) is 12.2. The van der Waals surface area contributed by atoms with Gasteiger partial charge in [0.1, 0.15) is 11.6 Å². The first-order valence-corrected chi connectivity index (χ1v) is 8.81. The predicted molar refractivity (Wildman–Crippen MR) is 69.3 cm³/mol. The molecule has 0 bridgehead atoms. The molecule has 0 saturated heterocycles. The van der Waals surface area contributed by atoms with E-state index in [2.05, 4.69) is 33.9 Å². The summed E-state index contributed by atoms with van der Waals surface area (Å²) in [5.74, 6) is 0.336. The first kappa shape index (κ1) is 13.5. The van der Waals surface area contributed by atoms with Crippen LogP contribution in [-0.4, -0.2) is 8.32 Å². The van der Waals surface area contributed by atoms with Crippen molar-refractivity contribution in [1.29, 1.82) is 0 Å². The van der Waals surface area contributed by atoms with Crippen LogP contribution in [0.3, 0.4) is 0 Å². The number of hydrogen-bond donors (Lipinski definition) is 0. The van der Waals surface area contributed by atoms with E-state index in [1.165, 1.54) is 0 Å². The minimum absolute atomic E-state index is 0.0373. The average Bonchev–Trinajstić information content (AvgIpc) is 2.11. The molecule has 0 N–H and O–H groups in total. The van der Waals surface area contributed by atoms with Crippen LogP contribution in [0.2, 0.25) is 18.1 Å². The summed E-state index contributed by atoms with van der Waals surface area (Å²) >= 11 is 0. The van der Waals surface area contributed by atoms with Crippen LogP contribution in [0.15, 0.2) is 23.7 Å². The first-order valence-electron chi connectivity index (χ1n) is 5.90. The lowest BCUT2D eigenvalue weighted by atomic mass is 10.0. The highest BCUT2D eigenvalue weighted by molar-refractivity contribution is 6.74. The summed E-state index contributed by atoms with van der Waals surface area (Å²) < 4.78 is 19.9. The lowest BCUT2D eigenvalue weighted by molar-refractivity contribution is 0.349. The summed E-state index contributed by atoms with van der Waals surface area (Å²) in [6.07, 6.45) is 4.56. The summed E-state index contributed by atoms with van der Waals surface area (Å²) in [4.78, 5) is 0. The van der Waals surface area contributed by atoms with E-state index in [9.17, 15) is 4.39 Å². The highest BCUT2D eigenvalue weighted by atomic mass is 28.4. The van der Waals surface area contributed by atoms with Gasteiger partial charge in [0.25, 0.3) is 8.32 Å². The van der Waals surface area contributed by atoms with Gasteiger partial charge in [0.05, 0.1) is 0 Å². The van der Waals surface area contributed by atoms with Crippen molar-refractivity contribution in [2.75, 3.05) is 0 Å². The SMILES string of the molecule is CC1CC=CC(O[Si](C)(C)C(C)(C)C)=C1F. The number of allylic oxidation sites excluding steroid dienone is 3. The Morgan fingerprint density at radius 2 is 1.94 bits per heavy atom. The van der Waals surface area contributed by atoms with Gasteiger partial charge in [-0.05, 0) is 30.6 Å². The molecule has 1 rings (SSSR count). The largest absolute Gasteiger partial charge is 0.542 e. The Morgan fingerprint density at radius 3 is 2.44 bits per heavy atom. The third-order valence-corrected chi connectivity index (χ3v) is 7.94. The van der Waals surface area contributed by atoms with Gasteiger partial charge in [-0.2, -0.15) is 0 Å². The monoisotopic (exact) mass is 242 g/mol. The Bertz CT molecular complexity index is 323. The van der Waals surface area contributed by atoms with Crippen LogP contribution >= 0.6 is 0 Å². The van der Waals surface area contributed by atoms with Gasteiger partial charge in [0, 0.05) is 5.92 Å². The fourth-order valence-corrected chi connectivity index (χ4v) is 2.34. The van der Waals surface area contributed by atoms with Crippen molar-refractivity contribution in [2.24, 2.45) is 5.92 Å². The minimum atomic E-state index is -1.91. The van der Waals surface area contributed by atoms with E-state index in [4.69, 9.17) is 4.43 Å². The van der Waals surface area contributed by atoms with Crippen LogP contribution in [0, 0.1) is 5.92 Å². The lowest BCUT2D eigenvalue weighted by Crippen LogP contribution is -2.40. The van der Waals surface area contributed by atoms with Gasteiger partial charge < -0.3 is 4.43 Å². The smallest absolute Gasteiger partial charge is 0.250 e. The van der Waals surface area contributed by atoms with Crippen molar-refractivity contribution in [1.82, 2.24) is 0 Å². The molecule has 1 aliphatic rings. The number of hydrogen-bond acceptors (Lipinski definition) is 1. The van der Waals surface area contributed by atoms with Crippen LogP contribution in [0.25, 0.3) is 0 Å². The molecule has 0 saturated carbocycles. The van der Waals surface area contributed by atoms with E-state index >= 15 is 0 Å². The molecule has 0 amide bonds. The molecular formula is C13H23FOSi. The molecule has 0 radical (unpaired) electrons. The summed E-state index contributed by atoms with van der Waals surface area (Å²) in [6, 6.07) is 0. The van der Waals surface area contributed by atoms with Crippen molar-refractivity contribution in [3.05, 3.63) is 23.7 Å². The molecule has 0 spiro atoms. The standard InChI is InChI=1S/C13H23FOSi/c1-10-8-7-9-11(12(10)14)15-16(5,6)13(2,3)4/h7,9-10H,8H2,1-6H3. The van der Waals surface area contributed by atoms with Crippen molar-refractivity contribution < 1.29 is 8.82 Å². The maximum Gasteiger partial charge on any atom is 0.250 e. The van der Waals surface area contributed by atoms with Gasteiger partial charge in [-0.15, -0.1) is 0 Å². The molecule has 0 aromatic heterocycles. The number of halogens is 1. The molecule has 1 aliphatic carbocycles. The average molecular weight is 242 g/mol. The second-order valence-electron chi connectivity index (χ2n) is 6.11. The van der Waals surface area contributed by atoms with Gasteiger partial charge >= 0.3 is 0 Å². The quantitative estimate of drug-likeness (QED) is 0.633. The molecule has 0 fully saturated rings. The molecule has 0 aliphatic heterocycles. The third-order valence-electron chi connectivity index (χ3n) is 3.60. The molecule has 0 aromatic carbocycles. The minimum Gasteiger partial charge on any atom is -0.542 e. The molecule has 3 heteroatoms. The third kappa shape index (κ3) is 2.76. The lowest BCUT2D eigenvalue weighted by Gasteiger charge is -2.37. The van der Waals surface area contributed by atoms with Crippen LogP contribution in [-0.2, 0) is 4.43 Å². The topological polar surface area (TPSA) is 9.23 Å². The molecular weight excluding hydrogens is 219 g/mol. The summed E-state index contributed by atoms with van der Waals surface area (Å²) in [5, 5.41) is 0.106. The Morgan fingerprint density at radius 1 is 1.38 bits per heavy atom. The molecule has 1 atom stereocenters. The fourth-order valence-electron chi connectivity index (χ4n) is 1.32. The van der Waals surface area contributed by atoms with Gasteiger partial charge in [-0.1, -0.05) is 33.8 Å². The van der Waals surface area contributed by atoms with E-state index < -0.39 is 8.32 Å². The number of rotatable bonds is 2. The van der Waals surface area contributed by atoms with E-state index in [0.717, 1.165) is 6.42 Å². The predicted octanol–water partition coefficient (Wildman–Crippen LogP) is 4.79. The zero-order valence-electron chi connectivity index (χ0n) is 11.2. The van der Waals surface area contributed by atoms with Crippen molar-refractivity contribution in [2.45, 2.75) is 52.2 Å². The van der Waals surface area contributed by atoms with Gasteiger partial charge in [-0.25, -0.2) is 4.39 Å². The first-order chi connectivity index (χ1) is 7.15. The molecule has 92 valence electrons. The van der Waals surface area contributed by atoms with E-state index in [-0.39, 0.29) is 16.8 Å². The second kappa shape index (κ2) is 4.36. The van der Waals surface area contributed by atoms with Crippen LogP contribution in [0.1, 0.15) is 34.1 Å². The molecule has 16 heavy (non-hydrogen) atoms.